The molecule has 5 heteroatoms. The van der Waals surface area contributed by atoms with Crippen LogP contribution in [0.4, 0.5) is 4.39 Å². The van der Waals surface area contributed by atoms with E-state index in [0.717, 1.165) is 12.1 Å². The average molecular weight is 266 g/mol. The van der Waals surface area contributed by atoms with Gasteiger partial charge in [-0.05, 0) is 37.9 Å². The Labute approximate surface area is 112 Å². The summed E-state index contributed by atoms with van der Waals surface area (Å²) >= 11 is 0. The fourth-order valence-corrected chi connectivity index (χ4v) is 2.72. The van der Waals surface area contributed by atoms with Crippen molar-refractivity contribution in [2.24, 2.45) is 5.41 Å². The number of pyridine rings is 1. The molecule has 1 aliphatic heterocycles. The molecule has 2 atom stereocenters. The van der Waals surface area contributed by atoms with Gasteiger partial charge in [-0.3, -0.25) is 14.7 Å². The molecule has 2 heterocycles. The van der Waals surface area contributed by atoms with Crippen LogP contribution in [0.1, 0.15) is 38.3 Å². The molecular formula is C14H19FN2O2. The summed E-state index contributed by atoms with van der Waals surface area (Å²) < 4.78 is 13.2. The zero-order valence-electron chi connectivity index (χ0n) is 11.3. The van der Waals surface area contributed by atoms with Crippen molar-refractivity contribution in [1.82, 2.24) is 9.88 Å². The molecule has 0 aromatic carbocycles. The second-order valence-corrected chi connectivity index (χ2v) is 5.27. The number of aromatic nitrogens is 1. The number of carbonyl (C=O) groups is 1. The molecule has 104 valence electrons. The molecule has 1 saturated heterocycles. The zero-order valence-corrected chi connectivity index (χ0v) is 11.3. The number of aliphatic carboxylic acids is 1. The lowest BCUT2D eigenvalue weighted by Gasteiger charge is -2.27. The van der Waals surface area contributed by atoms with E-state index in [1.807, 2.05) is 13.8 Å². The van der Waals surface area contributed by atoms with Gasteiger partial charge in [0.2, 0.25) is 0 Å². The van der Waals surface area contributed by atoms with Crippen LogP contribution in [0, 0.1) is 11.2 Å². The fraction of sp³-hybridized carbons (Fsp3) is 0.571. The first kappa shape index (κ1) is 13.9. The summed E-state index contributed by atoms with van der Waals surface area (Å²) in [6, 6.07) is 1.45. The molecule has 19 heavy (non-hydrogen) atoms. The van der Waals surface area contributed by atoms with Crippen LogP contribution in [0.25, 0.3) is 0 Å². The van der Waals surface area contributed by atoms with Gasteiger partial charge in [-0.1, -0.05) is 6.92 Å². The quantitative estimate of drug-likeness (QED) is 0.909. The maximum atomic E-state index is 13.2. The smallest absolute Gasteiger partial charge is 0.310 e. The molecule has 1 aromatic rings. The van der Waals surface area contributed by atoms with Gasteiger partial charge in [0, 0.05) is 18.8 Å². The first-order valence-corrected chi connectivity index (χ1v) is 6.56. The Morgan fingerprint density at radius 1 is 1.63 bits per heavy atom. The number of nitrogens with zero attached hydrogens (tertiary/aromatic N) is 2. The second-order valence-electron chi connectivity index (χ2n) is 5.27. The summed E-state index contributed by atoms with van der Waals surface area (Å²) in [5, 5.41) is 9.38. The van der Waals surface area contributed by atoms with Crippen molar-refractivity contribution in [2.45, 2.75) is 32.7 Å². The van der Waals surface area contributed by atoms with Gasteiger partial charge < -0.3 is 5.11 Å². The molecule has 0 spiro atoms. The van der Waals surface area contributed by atoms with E-state index < -0.39 is 11.4 Å². The Balaban J connectivity index is 2.14. The molecule has 0 aliphatic carbocycles. The predicted molar refractivity (Wildman–Crippen MR) is 69.2 cm³/mol. The van der Waals surface area contributed by atoms with E-state index >= 15 is 0 Å². The number of carboxylic acid groups (broad SMARTS) is 1. The van der Waals surface area contributed by atoms with Gasteiger partial charge in [0.15, 0.2) is 0 Å². The van der Waals surface area contributed by atoms with Crippen LogP contribution in [0.2, 0.25) is 0 Å². The molecule has 4 nitrogen and oxygen atoms in total. The van der Waals surface area contributed by atoms with Gasteiger partial charge in [0.1, 0.15) is 5.82 Å². The van der Waals surface area contributed by atoms with Crippen LogP contribution in [0.5, 0.6) is 0 Å². The third-order valence-electron chi connectivity index (χ3n) is 4.27. The Kier molecular flexibility index (Phi) is 3.85. The molecule has 0 saturated carbocycles. The maximum absolute atomic E-state index is 13.2. The van der Waals surface area contributed by atoms with Crippen molar-refractivity contribution in [3.8, 4) is 0 Å². The van der Waals surface area contributed by atoms with Crippen LogP contribution >= 0.6 is 0 Å². The highest BCUT2D eigenvalue weighted by Gasteiger charge is 2.44. The highest BCUT2D eigenvalue weighted by Crippen LogP contribution is 2.38. The van der Waals surface area contributed by atoms with Gasteiger partial charge in [-0.25, -0.2) is 4.39 Å². The highest BCUT2D eigenvalue weighted by atomic mass is 19.1. The standard InChI is InChI=1S/C14H19FN2O2/c1-3-14(13(18)19)4-5-17(9-14)10(2)11-6-12(15)8-16-7-11/h6-8,10H,3-5,9H2,1-2H3,(H,18,19). The van der Waals surface area contributed by atoms with E-state index in [9.17, 15) is 14.3 Å². The fourth-order valence-electron chi connectivity index (χ4n) is 2.72. The Bertz CT molecular complexity index is 480. The minimum atomic E-state index is -0.734. The monoisotopic (exact) mass is 266 g/mol. The van der Waals surface area contributed by atoms with Crippen molar-refractivity contribution < 1.29 is 14.3 Å². The zero-order chi connectivity index (χ0) is 14.0. The van der Waals surface area contributed by atoms with Crippen LogP contribution in [-0.4, -0.2) is 34.0 Å². The Hall–Kier alpha value is -1.49. The average Bonchev–Trinajstić information content (AvgIpc) is 2.83. The van der Waals surface area contributed by atoms with E-state index in [1.54, 1.807) is 6.20 Å². The molecular weight excluding hydrogens is 247 g/mol. The number of hydrogen-bond acceptors (Lipinski definition) is 3. The van der Waals surface area contributed by atoms with Gasteiger partial charge in [-0.2, -0.15) is 0 Å². The topological polar surface area (TPSA) is 53.4 Å². The van der Waals surface area contributed by atoms with E-state index in [4.69, 9.17) is 0 Å². The number of halogens is 1. The summed E-state index contributed by atoms with van der Waals surface area (Å²) in [6.45, 7) is 5.10. The minimum absolute atomic E-state index is 0.0176. The summed E-state index contributed by atoms with van der Waals surface area (Å²) in [7, 11) is 0. The van der Waals surface area contributed by atoms with Gasteiger partial charge in [0.05, 0.1) is 11.6 Å². The third-order valence-corrected chi connectivity index (χ3v) is 4.27. The summed E-state index contributed by atoms with van der Waals surface area (Å²) in [4.78, 5) is 17.4. The van der Waals surface area contributed by atoms with Crippen molar-refractivity contribution in [3.63, 3.8) is 0 Å². The minimum Gasteiger partial charge on any atom is -0.481 e. The summed E-state index contributed by atoms with van der Waals surface area (Å²) in [6.07, 6.45) is 4.08. The van der Waals surface area contributed by atoms with Gasteiger partial charge in [0.25, 0.3) is 0 Å². The number of rotatable bonds is 4. The van der Waals surface area contributed by atoms with Crippen LogP contribution in [-0.2, 0) is 4.79 Å². The molecule has 1 aliphatic rings. The summed E-state index contributed by atoms with van der Waals surface area (Å²) in [5.74, 6) is -1.09. The van der Waals surface area contributed by atoms with Crippen molar-refractivity contribution >= 4 is 5.97 Å². The first-order chi connectivity index (χ1) is 8.98. The Morgan fingerprint density at radius 2 is 2.37 bits per heavy atom. The van der Waals surface area contributed by atoms with Crippen LogP contribution in [0.3, 0.4) is 0 Å². The molecule has 1 aromatic heterocycles. The van der Waals surface area contributed by atoms with Gasteiger partial charge >= 0.3 is 5.97 Å². The molecule has 0 amide bonds. The van der Waals surface area contributed by atoms with E-state index in [-0.39, 0.29) is 11.9 Å². The lowest BCUT2D eigenvalue weighted by molar-refractivity contribution is -0.148. The van der Waals surface area contributed by atoms with Crippen LogP contribution < -0.4 is 0 Å². The van der Waals surface area contributed by atoms with E-state index in [2.05, 4.69) is 9.88 Å². The van der Waals surface area contributed by atoms with Crippen molar-refractivity contribution in [2.75, 3.05) is 13.1 Å². The largest absolute Gasteiger partial charge is 0.481 e. The lowest BCUT2D eigenvalue weighted by Crippen LogP contribution is -2.35. The molecule has 0 radical (unpaired) electrons. The Morgan fingerprint density at radius 3 is 2.89 bits per heavy atom. The highest BCUT2D eigenvalue weighted by molar-refractivity contribution is 5.75. The summed E-state index contributed by atoms with van der Waals surface area (Å²) in [5.41, 5.74) is 0.131. The maximum Gasteiger partial charge on any atom is 0.310 e. The van der Waals surface area contributed by atoms with Gasteiger partial charge in [-0.15, -0.1) is 0 Å². The molecule has 1 fully saturated rings. The molecule has 2 rings (SSSR count). The van der Waals surface area contributed by atoms with E-state index in [1.165, 1.54) is 12.3 Å². The second kappa shape index (κ2) is 5.25. The molecule has 1 N–H and O–H groups in total. The molecule has 0 bridgehead atoms. The lowest BCUT2D eigenvalue weighted by atomic mass is 9.84. The van der Waals surface area contributed by atoms with E-state index in [0.29, 0.717) is 19.4 Å². The van der Waals surface area contributed by atoms with Crippen molar-refractivity contribution in [1.29, 1.82) is 0 Å². The molecule has 2 unspecified atom stereocenters. The SMILES string of the molecule is CCC1(C(=O)O)CCN(C(C)c2cncc(F)c2)C1. The number of hydrogen-bond donors (Lipinski definition) is 1. The third kappa shape index (κ3) is 2.61. The number of carboxylic acids is 1. The predicted octanol–water partition coefficient (Wildman–Crippen LogP) is 2.47. The normalized spacial score (nSPS) is 25.4. The number of likely N-dealkylation sites (tertiary alicyclic amines) is 1. The first-order valence-electron chi connectivity index (χ1n) is 6.56. The van der Waals surface area contributed by atoms with Crippen molar-refractivity contribution in [3.05, 3.63) is 29.8 Å². The van der Waals surface area contributed by atoms with Crippen LogP contribution in [0.15, 0.2) is 18.5 Å².